The Morgan fingerprint density at radius 3 is 2.74 bits per heavy atom. The van der Waals surface area contributed by atoms with E-state index < -0.39 is 4.92 Å². The molecule has 2 aromatic carbocycles. The SMILES string of the molecule is Cc1cccc(/N=C/c2cc([N+](=O)[O-])ccc2Cl)c1. The Labute approximate surface area is 115 Å². The highest BCUT2D eigenvalue weighted by Crippen LogP contribution is 2.21. The molecule has 5 heteroatoms. The summed E-state index contributed by atoms with van der Waals surface area (Å²) < 4.78 is 0. The van der Waals surface area contributed by atoms with Crippen LogP contribution < -0.4 is 0 Å². The molecule has 0 heterocycles. The third-order valence-electron chi connectivity index (χ3n) is 2.54. The fourth-order valence-corrected chi connectivity index (χ4v) is 1.76. The lowest BCUT2D eigenvalue weighted by Crippen LogP contribution is -1.90. The van der Waals surface area contributed by atoms with Crippen LogP contribution in [0.15, 0.2) is 47.5 Å². The van der Waals surface area contributed by atoms with E-state index in [9.17, 15) is 10.1 Å². The van der Waals surface area contributed by atoms with Crippen molar-refractivity contribution in [1.82, 2.24) is 0 Å². The lowest BCUT2D eigenvalue weighted by molar-refractivity contribution is -0.384. The molecule has 0 radical (unpaired) electrons. The number of halogens is 1. The number of aliphatic imine (C=N–C) groups is 1. The molecule has 0 N–H and O–H groups in total. The van der Waals surface area contributed by atoms with E-state index >= 15 is 0 Å². The molecule has 0 unspecified atom stereocenters. The number of nitro benzene ring substituents is 1. The molecule has 4 nitrogen and oxygen atoms in total. The summed E-state index contributed by atoms with van der Waals surface area (Å²) in [5.74, 6) is 0. The normalized spacial score (nSPS) is 10.8. The second-order valence-corrected chi connectivity index (χ2v) is 4.47. The summed E-state index contributed by atoms with van der Waals surface area (Å²) in [6.45, 7) is 1.97. The Morgan fingerprint density at radius 2 is 2.05 bits per heavy atom. The molecular formula is C14H11ClN2O2. The van der Waals surface area contributed by atoms with E-state index in [1.165, 1.54) is 24.4 Å². The molecule has 0 saturated heterocycles. The van der Waals surface area contributed by atoms with Crippen molar-refractivity contribution in [2.24, 2.45) is 4.99 Å². The van der Waals surface area contributed by atoms with E-state index in [-0.39, 0.29) is 5.69 Å². The number of non-ortho nitro benzene ring substituents is 1. The standard InChI is InChI=1S/C14H11ClN2O2/c1-10-3-2-4-12(7-10)16-9-11-8-13(17(18)19)5-6-14(11)15/h2-9H,1H3/b16-9+. The fourth-order valence-electron chi connectivity index (χ4n) is 1.60. The van der Waals surface area contributed by atoms with Gasteiger partial charge >= 0.3 is 0 Å². The Kier molecular flexibility index (Phi) is 3.92. The molecule has 2 rings (SSSR count). The first-order valence-corrected chi connectivity index (χ1v) is 5.99. The van der Waals surface area contributed by atoms with Crippen LogP contribution in [0.1, 0.15) is 11.1 Å². The van der Waals surface area contributed by atoms with Crippen molar-refractivity contribution in [2.75, 3.05) is 0 Å². The maximum absolute atomic E-state index is 10.7. The molecule has 96 valence electrons. The first-order valence-electron chi connectivity index (χ1n) is 5.61. The number of aryl methyl sites for hydroxylation is 1. The number of hydrogen-bond donors (Lipinski definition) is 0. The van der Waals surface area contributed by atoms with Gasteiger partial charge in [-0.05, 0) is 30.7 Å². The molecule has 0 aliphatic heterocycles. The van der Waals surface area contributed by atoms with Gasteiger partial charge in [0.05, 0.1) is 10.6 Å². The topological polar surface area (TPSA) is 55.5 Å². The van der Waals surface area contributed by atoms with Crippen molar-refractivity contribution in [2.45, 2.75) is 6.92 Å². The molecule has 0 bridgehead atoms. The second-order valence-electron chi connectivity index (χ2n) is 4.06. The van der Waals surface area contributed by atoms with E-state index in [1.807, 2.05) is 31.2 Å². The molecule has 0 saturated carbocycles. The summed E-state index contributed by atoms with van der Waals surface area (Å²) in [5, 5.41) is 11.1. The molecule has 0 spiro atoms. The van der Waals surface area contributed by atoms with Crippen LogP contribution in [0.4, 0.5) is 11.4 Å². The van der Waals surface area contributed by atoms with Crippen molar-refractivity contribution >= 4 is 29.2 Å². The monoisotopic (exact) mass is 274 g/mol. The first kappa shape index (κ1) is 13.2. The number of rotatable bonds is 3. The minimum Gasteiger partial charge on any atom is -0.258 e. The van der Waals surface area contributed by atoms with Crippen molar-refractivity contribution in [3.8, 4) is 0 Å². The maximum atomic E-state index is 10.7. The molecule has 0 atom stereocenters. The summed E-state index contributed by atoms with van der Waals surface area (Å²) in [5.41, 5.74) is 2.40. The highest BCUT2D eigenvalue weighted by atomic mass is 35.5. The van der Waals surface area contributed by atoms with Gasteiger partial charge in [0.1, 0.15) is 0 Å². The summed E-state index contributed by atoms with van der Waals surface area (Å²) in [4.78, 5) is 14.5. The Hall–Kier alpha value is -2.20. The molecule has 2 aromatic rings. The quantitative estimate of drug-likeness (QED) is 0.476. The average Bonchev–Trinajstić information content (AvgIpc) is 2.37. The summed E-state index contributed by atoms with van der Waals surface area (Å²) >= 11 is 5.98. The van der Waals surface area contributed by atoms with Crippen LogP contribution in [0.25, 0.3) is 0 Å². The highest BCUT2D eigenvalue weighted by molar-refractivity contribution is 6.33. The Morgan fingerprint density at radius 1 is 1.26 bits per heavy atom. The van der Waals surface area contributed by atoms with E-state index in [0.717, 1.165) is 11.3 Å². The zero-order valence-corrected chi connectivity index (χ0v) is 11.0. The van der Waals surface area contributed by atoms with Crippen LogP contribution in [0.5, 0.6) is 0 Å². The van der Waals surface area contributed by atoms with Crippen LogP contribution in [0.3, 0.4) is 0 Å². The fraction of sp³-hybridized carbons (Fsp3) is 0.0714. The molecule has 19 heavy (non-hydrogen) atoms. The van der Waals surface area contributed by atoms with Gasteiger partial charge < -0.3 is 0 Å². The lowest BCUT2D eigenvalue weighted by atomic mass is 10.2. The maximum Gasteiger partial charge on any atom is 0.270 e. The van der Waals surface area contributed by atoms with Gasteiger partial charge in [0.15, 0.2) is 0 Å². The predicted molar refractivity (Wildman–Crippen MR) is 76.5 cm³/mol. The van der Waals surface area contributed by atoms with Crippen molar-refractivity contribution in [1.29, 1.82) is 0 Å². The molecule has 0 fully saturated rings. The molecule has 0 aliphatic carbocycles. The van der Waals surface area contributed by atoms with Gasteiger partial charge in [-0.3, -0.25) is 15.1 Å². The largest absolute Gasteiger partial charge is 0.270 e. The Bertz CT molecular complexity index is 654. The number of hydrogen-bond acceptors (Lipinski definition) is 3. The number of nitrogens with zero attached hydrogens (tertiary/aromatic N) is 2. The Balaban J connectivity index is 2.32. The van der Waals surface area contributed by atoms with Crippen molar-refractivity contribution < 1.29 is 4.92 Å². The third-order valence-corrected chi connectivity index (χ3v) is 2.89. The van der Waals surface area contributed by atoms with Crippen molar-refractivity contribution in [3.05, 3.63) is 68.7 Å². The zero-order valence-electron chi connectivity index (χ0n) is 10.2. The van der Waals surface area contributed by atoms with E-state index in [0.29, 0.717) is 10.6 Å². The van der Waals surface area contributed by atoms with E-state index in [2.05, 4.69) is 4.99 Å². The molecule has 0 aliphatic rings. The van der Waals surface area contributed by atoms with Crippen LogP contribution in [-0.2, 0) is 0 Å². The van der Waals surface area contributed by atoms with Crippen LogP contribution in [-0.4, -0.2) is 11.1 Å². The first-order chi connectivity index (χ1) is 9.06. The minimum atomic E-state index is -0.458. The third kappa shape index (κ3) is 3.39. The average molecular weight is 275 g/mol. The van der Waals surface area contributed by atoms with Gasteiger partial charge in [0.2, 0.25) is 0 Å². The van der Waals surface area contributed by atoms with Gasteiger partial charge in [-0.1, -0.05) is 23.7 Å². The summed E-state index contributed by atoms with van der Waals surface area (Å²) in [7, 11) is 0. The second kappa shape index (κ2) is 5.63. The number of nitro groups is 1. The van der Waals surface area contributed by atoms with Gasteiger partial charge in [0.25, 0.3) is 5.69 Å². The van der Waals surface area contributed by atoms with Crippen LogP contribution in [0.2, 0.25) is 5.02 Å². The van der Waals surface area contributed by atoms with Crippen LogP contribution >= 0.6 is 11.6 Å². The van der Waals surface area contributed by atoms with Gasteiger partial charge in [-0.15, -0.1) is 0 Å². The molecule has 0 aromatic heterocycles. The van der Waals surface area contributed by atoms with Crippen LogP contribution in [0, 0.1) is 17.0 Å². The lowest BCUT2D eigenvalue weighted by Gasteiger charge is -1.99. The van der Waals surface area contributed by atoms with Crippen molar-refractivity contribution in [3.63, 3.8) is 0 Å². The van der Waals surface area contributed by atoms with Gasteiger partial charge in [-0.2, -0.15) is 0 Å². The highest BCUT2D eigenvalue weighted by Gasteiger charge is 2.08. The van der Waals surface area contributed by atoms with Gasteiger partial charge in [0, 0.05) is 28.9 Å². The predicted octanol–water partition coefficient (Wildman–Crippen LogP) is 4.31. The van der Waals surface area contributed by atoms with E-state index in [4.69, 9.17) is 11.6 Å². The van der Waals surface area contributed by atoms with E-state index in [1.54, 1.807) is 0 Å². The zero-order chi connectivity index (χ0) is 13.8. The number of benzene rings is 2. The smallest absolute Gasteiger partial charge is 0.258 e. The summed E-state index contributed by atoms with van der Waals surface area (Å²) in [6.07, 6.45) is 1.53. The van der Waals surface area contributed by atoms with Gasteiger partial charge in [-0.25, -0.2) is 0 Å². The molecule has 0 amide bonds. The molecular weight excluding hydrogens is 264 g/mol. The summed E-state index contributed by atoms with van der Waals surface area (Å²) in [6, 6.07) is 11.9. The minimum absolute atomic E-state index is 0.00454.